The molecule has 0 aliphatic carbocycles. The fraction of sp³-hybridized carbons (Fsp3) is 0.0333. The van der Waals surface area contributed by atoms with Crippen LogP contribution < -0.4 is 10.7 Å². The number of nitrogens with zero attached hydrogens (tertiary/aromatic N) is 3. The second-order valence-electron chi connectivity index (χ2n) is 8.34. The molecule has 0 saturated carbocycles. The fourth-order valence-corrected chi connectivity index (χ4v) is 3.88. The van der Waals surface area contributed by atoms with E-state index < -0.39 is 0 Å². The fourth-order valence-electron chi connectivity index (χ4n) is 3.88. The van der Waals surface area contributed by atoms with Crippen LogP contribution in [-0.2, 0) is 0 Å². The first-order valence-electron chi connectivity index (χ1n) is 11.7. The summed E-state index contributed by atoms with van der Waals surface area (Å²) in [7, 11) is 0. The summed E-state index contributed by atoms with van der Waals surface area (Å²) in [4.78, 5) is 34.2. The smallest absolute Gasteiger partial charge is 0.272 e. The van der Waals surface area contributed by atoms with Gasteiger partial charge >= 0.3 is 0 Å². The summed E-state index contributed by atoms with van der Waals surface area (Å²) < 4.78 is 0. The van der Waals surface area contributed by atoms with Crippen LogP contribution in [0.4, 0.5) is 5.69 Å². The number of hydrazone groups is 1. The Morgan fingerprint density at radius 3 is 2.22 bits per heavy atom. The standard InChI is InChI=1S/C30H23N5O2/c1-20(21-11-13-24(14-12-21)32-29(36)23-15-17-31-18-16-23)34-35-30(37)26-19-28(22-7-3-2-4-8-22)33-27-10-6-5-9-25(26)27/h2-19H,1H3,(H,32,36)(H,35,37)/b34-20-. The summed E-state index contributed by atoms with van der Waals surface area (Å²) >= 11 is 0. The summed E-state index contributed by atoms with van der Waals surface area (Å²) in [6.45, 7) is 1.81. The first-order valence-corrected chi connectivity index (χ1v) is 11.7. The van der Waals surface area contributed by atoms with Gasteiger partial charge in [0.15, 0.2) is 0 Å². The number of nitrogens with one attached hydrogen (secondary N) is 2. The van der Waals surface area contributed by atoms with Crippen LogP contribution >= 0.6 is 0 Å². The van der Waals surface area contributed by atoms with E-state index in [1.54, 1.807) is 42.7 Å². The average Bonchev–Trinajstić information content (AvgIpc) is 2.96. The van der Waals surface area contributed by atoms with Gasteiger partial charge in [0, 0.05) is 34.6 Å². The quantitative estimate of drug-likeness (QED) is 0.238. The maximum Gasteiger partial charge on any atom is 0.272 e. The maximum absolute atomic E-state index is 13.2. The highest BCUT2D eigenvalue weighted by Gasteiger charge is 2.14. The Kier molecular flexibility index (Phi) is 6.76. The molecule has 2 amide bonds. The number of hydrogen-bond acceptors (Lipinski definition) is 5. The van der Waals surface area contributed by atoms with Crippen molar-refractivity contribution >= 4 is 34.1 Å². The molecule has 0 bridgehead atoms. The van der Waals surface area contributed by atoms with Crippen molar-refractivity contribution in [2.45, 2.75) is 6.92 Å². The van der Waals surface area contributed by atoms with Crippen molar-refractivity contribution < 1.29 is 9.59 Å². The third-order valence-corrected chi connectivity index (χ3v) is 5.86. The van der Waals surface area contributed by atoms with Crippen molar-refractivity contribution in [1.82, 2.24) is 15.4 Å². The lowest BCUT2D eigenvalue weighted by Crippen LogP contribution is -2.20. The Morgan fingerprint density at radius 2 is 1.46 bits per heavy atom. The first kappa shape index (κ1) is 23.6. The zero-order chi connectivity index (χ0) is 25.6. The number of carbonyl (C=O) groups is 2. The highest BCUT2D eigenvalue weighted by molar-refractivity contribution is 6.08. The SMILES string of the molecule is C/C(=N/NC(=O)c1cc(-c2ccccc2)nc2ccccc12)c1ccc(NC(=O)c2ccncc2)cc1. The van der Waals surface area contributed by atoms with E-state index in [0.717, 1.165) is 27.7 Å². The Hall–Kier alpha value is -5.17. The van der Waals surface area contributed by atoms with Crippen LogP contribution in [0.5, 0.6) is 0 Å². The zero-order valence-electron chi connectivity index (χ0n) is 20.1. The van der Waals surface area contributed by atoms with E-state index in [9.17, 15) is 9.59 Å². The van der Waals surface area contributed by atoms with Gasteiger partial charge in [0.1, 0.15) is 0 Å². The van der Waals surface area contributed by atoms with Crippen LogP contribution in [0.1, 0.15) is 33.2 Å². The molecular weight excluding hydrogens is 462 g/mol. The van der Waals surface area contributed by atoms with Crippen molar-refractivity contribution in [3.8, 4) is 11.3 Å². The first-order chi connectivity index (χ1) is 18.1. The van der Waals surface area contributed by atoms with Crippen molar-refractivity contribution in [1.29, 1.82) is 0 Å². The van der Waals surface area contributed by atoms with Crippen LogP contribution in [0.15, 0.2) is 115 Å². The van der Waals surface area contributed by atoms with E-state index in [1.807, 2.05) is 73.7 Å². The summed E-state index contributed by atoms with van der Waals surface area (Å²) in [5, 5.41) is 7.92. The lowest BCUT2D eigenvalue weighted by Gasteiger charge is -2.10. The molecule has 0 fully saturated rings. The van der Waals surface area contributed by atoms with Crippen molar-refractivity contribution in [3.63, 3.8) is 0 Å². The molecule has 37 heavy (non-hydrogen) atoms. The molecule has 180 valence electrons. The number of aromatic nitrogens is 2. The van der Waals surface area contributed by atoms with E-state index >= 15 is 0 Å². The number of hydrogen-bond donors (Lipinski definition) is 2. The predicted molar refractivity (Wildman–Crippen MR) is 145 cm³/mol. The lowest BCUT2D eigenvalue weighted by molar-refractivity contribution is 0.0955. The monoisotopic (exact) mass is 485 g/mol. The Morgan fingerprint density at radius 1 is 0.757 bits per heavy atom. The molecule has 0 radical (unpaired) electrons. The number of pyridine rings is 2. The van der Waals surface area contributed by atoms with Gasteiger partial charge in [-0.05, 0) is 48.9 Å². The third kappa shape index (κ3) is 5.41. The second-order valence-corrected chi connectivity index (χ2v) is 8.34. The Balaban J connectivity index is 1.33. The number of benzene rings is 3. The summed E-state index contributed by atoms with van der Waals surface area (Å²) in [6.07, 6.45) is 3.15. The predicted octanol–water partition coefficient (Wildman–Crippen LogP) is 5.70. The molecule has 0 aliphatic heterocycles. The average molecular weight is 486 g/mol. The zero-order valence-corrected chi connectivity index (χ0v) is 20.1. The van der Waals surface area contributed by atoms with E-state index in [4.69, 9.17) is 4.98 Å². The normalized spacial score (nSPS) is 11.2. The second kappa shape index (κ2) is 10.6. The molecule has 0 aliphatic rings. The minimum atomic E-state index is -0.323. The van der Waals surface area contributed by atoms with Crippen LogP contribution in [0.25, 0.3) is 22.2 Å². The highest BCUT2D eigenvalue weighted by atomic mass is 16.2. The minimum absolute atomic E-state index is 0.216. The molecule has 0 unspecified atom stereocenters. The summed E-state index contributed by atoms with van der Waals surface area (Å²) in [5.74, 6) is -0.538. The number of carbonyl (C=O) groups excluding carboxylic acids is 2. The van der Waals surface area contributed by atoms with Gasteiger partial charge in [0.25, 0.3) is 11.8 Å². The van der Waals surface area contributed by atoms with E-state index in [0.29, 0.717) is 22.5 Å². The van der Waals surface area contributed by atoms with Crippen molar-refractivity contribution in [2.75, 3.05) is 5.32 Å². The van der Waals surface area contributed by atoms with E-state index in [2.05, 4.69) is 20.8 Å². The third-order valence-electron chi connectivity index (χ3n) is 5.86. The molecule has 3 aromatic carbocycles. The van der Waals surface area contributed by atoms with Gasteiger partial charge in [-0.25, -0.2) is 10.4 Å². The molecule has 5 aromatic rings. The highest BCUT2D eigenvalue weighted by Crippen LogP contribution is 2.25. The van der Waals surface area contributed by atoms with Crippen LogP contribution in [0.3, 0.4) is 0 Å². The number of rotatable bonds is 6. The van der Waals surface area contributed by atoms with Gasteiger partial charge in [-0.15, -0.1) is 0 Å². The van der Waals surface area contributed by atoms with Crippen molar-refractivity contribution in [3.05, 3.63) is 126 Å². The van der Waals surface area contributed by atoms with Gasteiger partial charge < -0.3 is 5.32 Å². The van der Waals surface area contributed by atoms with Gasteiger partial charge in [0.05, 0.1) is 22.5 Å². The van der Waals surface area contributed by atoms with Gasteiger partial charge in [-0.3, -0.25) is 14.6 Å². The summed E-state index contributed by atoms with van der Waals surface area (Å²) in [5.41, 5.74) is 8.18. The van der Waals surface area contributed by atoms with E-state index in [1.165, 1.54) is 0 Å². The van der Waals surface area contributed by atoms with Gasteiger partial charge in [0.2, 0.25) is 0 Å². The number of amides is 2. The molecule has 2 aromatic heterocycles. The van der Waals surface area contributed by atoms with Crippen LogP contribution in [-0.4, -0.2) is 27.5 Å². The van der Waals surface area contributed by atoms with Gasteiger partial charge in [-0.1, -0.05) is 60.7 Å². The van der Waals surface area contributed by atoms with Crippen LogP contribution in [0.2, 0.25) is 0 Å². The summed E-state index contributed by atoms with van der Waals surface area (Å²) in [6, 6.07) is 29.6. The molecule has 7 nitrogen and oxygen atoms in total. The molecule has 5 rings (SSSR count). The van der Waals surface area contributed by atoms with Crippen molar-refractivity contribution in [2.24, 2.45) is 5.10 Å². The molecule has 2 N–H and O–H groups in total. The largest absolute Gasteiger partial charge is 0.322 e. The minimum Gasteiger partial charge on any atom is -0.322 e. The topological polar surface area (TPSA) is 96.3 Å². The molecule has 7 heteroatoms. The molecule has 0 atom stereocenters. The Bertz CT molecular complexity index is 1600. The molecule has 2 heterocycles. The van der Waals surface area contributed by atoms with Gasteiger partial charge in [-0.2, -0.15) is 5.10 Å². The Labute approximate surface area is 213 Å². The maximum atomic E-state index is 13.2. The number of fused-ring (bicyclic) bond motifs is 1. The molecule has 0 spiro atoms. The number of para-hydroxylation sites is 1. The lowest BCUT2D eigenvalue weighted by atomic mass is 10.0. The van der Waals surface area contributed by atoms with E-state index in [-0.39, 0.29) is 11.8 Å². The molecule has 0 saturated heterocycles. The number of anilines is 1. The molecular formula is C30H23N5O2. The van der Waals surface area contributed by atoms with Crippen LogP contribution in [0, 0.1) is 0 Å².